The molecule has 2 N–H and O–H groups in total. The van der Waals surface area contributed by atoms with Crippen LogP contribution in [0.4, 0.5) is 14.5 Å². The maximum absolute atomic E-state index is 14.0. The number of fused-ring (bicyclic) bond motifs is 1. The molecule has 4 rings (SSSR count). The molecule has 0 saturated carbocycles. The van der Waals surface area contributed by atoms with E-state index in [1.165, 1.54) is 18.2 Å². The number of hydrogen-bond acceptors (Lipinski definition) is 4. The molecule has 0 bridgehead atoms. The first-order chi connectivity index (χ1) is 13.7. The molecule has 1 saturated heterocycles. The van der Waals surface area contributed by atoms with E-state index in [1.54, 1.807) is 11.9 Å². The maximum Gasteiger partial charge on any atom is 0.191 e. The number of benzene rings is 1. The molecule has 1 atom stereocenters. The van der Waals surface area contributed by atoms with Gasteiger partial charge in [0.05, 0.1) is 6.54 Å². The molecule has 2 aromatic rings. The van der Waals surface area contributed by atoms with Crippen LogP contribution in [0.2, 0.25) is 0 Å². The minimum atomic E-state index is -0.528. The van der Waals surface area contributed by atoms with E-state index in [1.807, 2.05) is 0 Å². The van der Waals surface area contributed by atoms with Crippen molar-refractivity contribution in [3.8, 4) is 0 Å². The highest BCUT2D eigenvalue weighted by atomic mass is 19.1. The lowest BCUT2D eigenvalue weighted by Gasteiger charge is -2.21. The van der Waals surface area contributed by atoms with E-state index < -0.39 is 11.6 Å². The van der Waals surface area contributed by atoms with Crippen LogP contribution in [0.15, 0.2) is 23.2 Å². The fraction of sp³-hybridized carbons (Fsp3) is 0.526. The number of para-hydroxylation sites is 1. The highest BCUT2D eigenvalue weighted by Gasteiger charge is 2.27. The zero-order valence-electron chi connectivity index (χ0n) is 16.0. The zero-order chi connectivity index (χ0) is 19.5. The Balaban J connectivity index is 1.34. The van der Waals surface area contributed by atoms with Gasteiger partial charge in [0, 0.05) is 39.1 Å². The normalized spacial score (nSPS) is 19.6. The first kappa shape index (κ1) is 18.6. The molecule has 0 spiro atoms. The monoisotopic (exact) mass is 389 g/mol. The van der Waals surface area contributed by atoms with Crippen LogP contribution in [0.3, 0.4) is 0 Å². The number of aromatic nitrogens is 3. The van der Waals surface area contributed by atoms with E-state index in [9.17, 15) is 8.78 Å². The smallest absolute Gasteiger partial charge is 0.191 e. The summed E-state index contributed by atoms with van der Waals surface area (Å²) in [5, 5.41) is 15.2. The number of aryl methyl sites for hydroxylation is 1. The van der Waals surface area contributed by atoms with Gasteiger partial charge in [-0.05, 0) is 31.4 Å². The Hall–Kier alpha value is -2.71. The van der Waals surface area contributed by atoms with E-state index in [2.05, 4.69) is 30.4 Å². The number of aliphatic imine (C=N–C) groups is 1. The highest BCUT2D eigenvalue weighted by molar-refractivity contribution is 5.80. The maximum atomic E-state index is 14.0. The molecular weight excluding hydrogens is 364 g/mol. The topological polar surface area (TPSA) is 70.4 Å². The summed E-state index contributed by atoms with van der Waals surface area (Å²) in [6.45, 7) is 2.59. The number of anilines is 1. The second kappa shape index (κ2) is 8.12. The van der Waals surface area contributed by atoms with E-state index in [0.29, 0.717) is 25.6 Å². The number of nitrogens with zero attached hydrogens (tertiary/aromatic N) is 5. The molecule has 0 radical (unpaired) electrons. The van der Waals surface area contributed by atoms with Crippen molar-refractivity contribution in [3.05, 3.63) is 41.5 Å². The van der Waals surface area contributed by atoms with Gasteiger partial charge in [-0.2, -0.15) is 0 Å². The third-order valence-corrected chi connectivity index (χ3v) is 5.36. The van der Waals surface area contributed by atoms with Crippen molar-refractivity contribution in [2.45, 2.75) is 44.8 Å². The summed E-state index contributed by atoms with van der Waals surface area (Å²) >= 11 is 0. The third kappa shape index (κ3) is 3.79. The van der Waals surface area contributed by atoms with Crippen LogP contribution in [0, 0.1) is 11.6 Å². The molecule has 1 fully saturated rings. The van der Waals surface area contributed by atoms with E-state index >= 15 is 0 Å². The second-order valence-electron chi connectivity index (χ2n) is 7.21. The summed E-state index contributed by atoms with van der Waals surface area (Å²) in [6.07, 6.45) is 4.06. The summed E-state index contributed by atoms with van der Waals surface area (Å²) in [6, 6.07) is 4.02. The third-order valence-electron chi connectivity index (χ3n) is 5.36. The van der Waals surface area contributed by atoms with Crippen molar-refractivity contribution >= 4 is 11.6 Å². The molecule has 2 aliphatic rings. The van der Waals surface area contributed by atoms with Gasteiger partial charge >= 0.3 is 0 Å². The predicted octanol–water partition coefficient (Wildman–Crippen LogP) is 1.84. The lowest BCUT2D eigenvalue weighted by molar-refractivity contribution is 0.504. The highest BCUT2D eigenvalue weighted by Crippen LogP contribution is 2.26. The summed E-state index contributed by atoms with van der Waals surface area (Å²) in [5.74, 6) is 1.54. The van der Waals surface area contributed by atoms with Crippen LogP contribution in [-0.4, -0.2) is 46.9 Å². The number of nitrogens with one attached hydrogen (secondary N) is 2. The van der Waals surface area contributed by atoms with Gasteiger partial charge in [-0.3, -0.25) is 4.99 Å². The lowest BCUT2D eigenvalue weighted by atomic mass is 10.2. The average molecular weight is 389 g/mol. The van der Waals surface area contributed by atoms with E-state index in [4.69, 9.17) is 0 Å². The lowest BCUT2D eigenvalue weighted by Crippen LogP contribution is -2.44. The average Bonchev–Trinajstić information content (AvgIpc) is 3.32. The van der Waals surface area contributed by atoms with Crippen molar-refractivity contribution in [2.24, 2.45) is 4.99 Å². The van der Waals surface area contributed by atoms with E-state index in [0.717, 1.165) is 43.9 Å². The molecule has 7 nitrogen and oxygen atoms in total. The summed E-state index contributed by atoms with van der Waals surface area (Å²) in [7, 11) is 1.71. The van der Waals surface area contributed by atoms with Gasteiger partial charge < -0.3 is 20.1 Å². The van der Waals surface area contributed by atoms with Crippen molar-refractivity contribution in [1.82, 2.24) is 25.4 Å². The Kier molecular flexibility index (Phi) is 5.40. The van der Waals surface area contributed by atoms with Gasteiger partial charge in [-0.1, -0.05) is 6.07 Å². The Morgan fingerprint density at radius 1 is 1.21 bits per heavy atom. The Morgan fingerprint density at radius 3 is 2.82 bits per heavy atom. The molecule has 150 valence electrons. The van der Waals surface area contributed by atoms with Gasteiger partial charge in [-0.15, -0.1) is 10.2 Å². The molecule has 0 amide bonds. The molecular formula is C19H25F2N7. The Bertz CT molecular complexity index is 844. The molecule has 3 heterocycles. The Labute approximate surface area is 162 Å². The van der Waals surface area contributed by atoms with Crippen LogP contribution in [0.25, 0.3) is 0 Å². The summed E-state index contributed by atoms with van der Waals surface area (Å²) in [5.41, 5.74) is 0.0461. The summed E-state index contributed by atoms with van der Waals surface area (Å²) in [4.78, 5) is 6.01. The van der Waals surface area contributed by atoms with Gasteiger partial charge in [-0.25, -0.2) is 8.78 Å². The van der Waals surface area contributed by atoms with Crippen LogP contribution >= 0.6 is 0 Å². The zero-order valence-corrected chi connectivity index (χ0v) is 16.0. The summed E-state index contributed by atoms with van der Waals surface area (Å²) < 4.78 is 30.2. The molecule has 9 heteroatoms. The van der Waals surface area contributed by atoms with Crippen LogP contribution in [0.1, 0.15) is 30.9 Å². The first-order valence-electron chi connectivity index (χ1n) is 9.73. The van der Waals surface area contributed by atoms with Gasteiger partial charge in [0.2, 0.25) is 0 Å². The first-order valence-corrected chi connectivity index (χ1v) is 9.73. The SMILES string of the molecule is CN=C(NCc1nnc2n1CCCC2)NC1CCN(c2c(F)cccc2F)C1. The number of rotatable bonds is 4. The van der Waals surface area contributed by atoms with Gasteiger partial charge in [0.1, 0.15) is 23.1 Å². The standard InChI is InChI=1S/C19H25F2N7/c1-22-19(23-11-17-26-25-16-7-2-3-9-28(16)17)24-13-8-10-27(12-13)18-14(20)5-4-6-15(18)21/h4-6,13H,2-3,7-12H2,1H3,(H2,22,23,24). The molecule has 1 aromatic carbocycles. The van der Waals surface area contributed by atoms with Crippen molar-refractivity contribution < 1.29 is 8.78 Å². The quantitative estimate of drug-likeness (QED) is 0.617. The van der Waals surface area contributed by atoms with Crippen LogP contribution < -0.4 is 15.5 Å². The van der Waals surface area contributed by atoms with Crippen molar-refractivity contribution in [3.63, 3.8) is 0 Å². The minimum Gasteiger partial charge on any atom is -0.365 e. The largest absolute Gasteiger partial charge is 0.365 e. The second-order valence-corrected chi connectivity index (χ2v) is 7.21. The fourth-order valence-electron chi connectivity index (χ4n) is 3.92. The molecule has 2 aliphatic heterocycles. The van der Waals surface area contributed by atoms with Crippen molar-refractivity contribution in [1.29, 1.82) is 0 Å². The Morgan fingerprint density at radius 2 is 2.04 bits per heavy atom. The minimum absolute atomic E-state index is 0.0461. The van der Waals surface area contributed by atoms with Crippen LogP contribution in [0.5, 0.6) is 0 Å². The molecule has 0 aliphatic carbocycles. The predicted molar refractivity (Wildman–Crippen MR) is 103 cm³/mol. The molecule has 28 heavy (non-hydrogen) atoms. The van der Waals surface area contributed by atoms with Crippen molar-refractivity contribution in [2.75, 3.05) is 25.0 Å². The number of halogens is 2. The van der Waals surface area contributed by atoms with Gasteiger partial charge in [0.15, 0.2) is 11.8 Å². The van der Waals surface area contributed by atoms with Crippen LogP contribution in [-0.2, 0) is 19.5 Å². The number of hydrogen-bond donors (Lipinski definition) is 2. The molecule has 1 aromatic heterocycles. The fourth-order valence-corrected chi connectivity index (χ4v) is 3.92. The van der Waals surface area contributed by atoms with E-state index in [-0.39, 0.29) is 11.7 Å². The van der Waals surface area contributed by atoms with Gasteiger partial charge in [0.25, 0.3) is 0 Å². The number of guanidine groups is 1. The molecule has 1 unspecified atom stereocenters.